The summed E-state index contributed by atoms with van der Waals surface area (Å²) in [6, 6.07) is 3.95. The van der Waals surface area contributed by atoms with Gasteiger partial charge in [0, 0.05) is 6.54 Å². The van der Waals surface area contributed by atoms with Crippen LogP contribution in [0.15, 0.2) is 17.1 Å². The second-order valence-corrected chi connectivity index (χ2v) is 4.49. The van der Waals surface area contributed by atoms with Crippen LogP contribution in [0.3, 0.4) is 0 Å². The summed E-state index contributed by atoms with van der Waals surface area (Å²) in [6.07, 6.45) is 1.78. The van der Waals surface area contributed by atoms with Gasteiger partial charge in [-0.05, 0) is 47.2 Å². The molecule has 0 saturated carbocycles. The molecule has 2 rings (SSSR count). The molecule has 0 unspecified atom stereocenters. The van der Waals surface area contributed by atoms with E-state index in [1.807, 2.05) is 24.0 Å². The zero-order chi connectivity index (χ0) is 10.1. The van der Waals surface area contributed by atoms with E-state index in [4.69, 9.17) is 0 Å². The Morgan fingerprint density at radius 3 is 2.93 bits per heavy atom. The number of anilines is 1. The van der Waals surface area contributed by atoms with Crippen molar-refractivity contribution in [2.75, 3.05) is 18.0 Å². The molecule has 1 aliphatic rings. The Hall–Kier alpha value is -0.780. The minimum atomic E-state index is 0.351. The van der Waals surface area contributed by atoms with E-state index in [1.54, 1.807) is 6.34 Å². The maximum absolute atomic E-state index is 9.87. The second kappa shape index (κ2) is 3.76. The van der Waals surface area contributed by atoms with Crippen LogP contribution in [-0.2, 0) is 0 Å². The molecule has 0 spiro atoms. The summed E-state index contributed by atoms with van der Waals surface area (Å²) in [6.45, 7) is 3.69. The first-order chi connectivity index (χ1) is 6.68. The van der Waals surface area contributed by atoms with E-state index in [1.165, 1.54) is 0 Å². The Kier molecular flexibility index (Phi) is 2.62. The molecular weight excluding hydrogens is 291 g/mol. The van der Waals surface area contributed by atoms with Gasteiger partial charge in [-0.1, -0.05) is 0 Å². The largest absolute Gasteiger partial charge is 0.505 e. The molecule has 3 nitrogen and oxygen atoms in total. The van der Waals surface area contributed by atoms with Gasteiger partial charge in [0.1, 0.15) is 0 Å². The Morgan fingerprint density at radius 2 is 2.29 bits per heavy atom. The van der Waals surface area contributed by atoms with Crippen LogP contribution >= 0.6 is 22.6 Å². The molecule has 0 aromatic heterocycles. The number of hydrogen-bond donors (Lipinski definition) is 1. The number of aryl methyl sites for hydroxylation is 1. The number of aliphatic imine (C=N–C) groups is 1. The maximum atomic E-state index is 9.87. The van der Waals surface area contributed by atoms with Crippen LogP contribution in [-0.4, -0.2) is 24.5 Å². The number of phenols is 1. The lowest BCUT2D eigenvalue weighted by atomic mass is 10.2. The van der Waals surface area contributed by atoms with Gasteiger partial charge < -0.3 is 10.0 Å². The van der Waals surface area contributed by atoms with Crippen molar-refractivity contribution in [2.45, 2.75) is 6.92 Å². The molecular formula is C10H11IN2O. The van der Waals surface area contributed by atoms with Crippen molar-refractivity contribution in [3.8, 4) is 5.75 Å². The van der Waals surface area contributed by atoms with Crippen molar-refractivity contribution in [3.63, 3.8) is 0 Å². The fourth-order valence-electron chi connectivity index (χ4n) is 1.50. The molecule has 0 aliphatic carbocycles. The highest BCUT2D eigenvalue weighted by Crippen LogP contribution is 2.33. The fraction of sp³-hybridized carbons (Fsp3) is 0.300. The van der Waals surface area contributed by atoms with E-state index in [0.29, 0.717) is 5.75 Å². The quantitative estimate of drug-likeness (QED) is 0.807. The Morgan fingerprint density at radius 1 is 1.50 bits per heavy atom. The van der Waals surface area contributed by atoms with E-state index in [0.717, 1.165) is 27.9 Å². The average molecular weight is 302 g/mol. The molecule has 0 saturated heterocycles. The molecule has 4 heteroatoms. The molecule has 1 N–H and O–H groups in total. The Balaban J connectivity index is 2.46. The van der Waals surface area contributed by atoms with E-state index in [-0.39, 0.29) is 0 Å². The minimum Gasteiger partial charge on any atom is -0.505 e. The van der Waals surface area contributed by atoms with Crippen molar-refractivity contribution >= 4 is 34.6 Å². The van der Waals surface area contributed by atoms with Crippen molar-refractivity contribution in [1.29, 1.82) is 0 Å². The van der Waals surface area contributed by atoms with Gasteiger partial charge in [-0.2, -0.15) is 0 Å². The molecule has 1 aromatic carbocycles. The van der Waals surface area contributed by atoms with Crippen molar-refractivity contribution in [2.24, 2.45) is 4.99 Å². The third-order valence-corrected chi connectivity index (χ3v) is 3.01. The van der Waals surface area contributed by atoms with Crippen LogP contribution < -0.4 is 4.90 Å². The lowest BCUT2D eigenvalue weighted by Gasteiger charge is -2.17. The van der Waals surface area contributed by atoms with Crippen LogP contribution in [0.25, 0.3) is 0 Å². The number of aromatic hydroxyl groups is 1. The van der Waals surface area contributed by atoms with Gasteiger partial charge in [-0.15, -0.1) is 0 Å². The first-order valence-electron chi connectivity index (χ1n) is 4.44. The molecule has 1 heterocycles. The van der Waals surface area contributed by atoms with E-state index in [2.05, 4.69) is 27.6 Å². The van der Waals surface area contributed by atoms with Gasteiger partial charge >= 0.3 is 0 Å². The Labute approximate surface area is 96.6 Å². The standard InChI is InChI=1S/C10H11IN2O/c1-7-4-8(11)10(14)9(5-7)13-3-2-12-6-13/h4-6,14H,2-3H2,1H3. The Bertz CT molecular complexity index is 390. The van der Waals surface area contributed by atoms with Gasteiger partial charge in [-0.3, -0.25) is 4.99 Å². The highest BCUT2D eigenvalue weighted by atomic mass is 127. The average Bonchev–Trinajstić information content (AvgIpc) is 2.63. The van der Waals surface area contributed by atoms with Crippen LogP contribution in [0, 0.1) is 10.5 Å². The molecule has 0 fully saturated rings. The first kappa shape index (κ1) is 9.76. The van der Waals surface area contributed by atoms with Gasteiger partial charge in [0.15, 0.2) is 5.75 Å². The molecule has 0 atom stereocenters. The first-order valence-corrected chi connectivity index (χ1v) is 5.52. The predicted molar refractivity (Wildman–Crippen MR) is 66.3 cm³/mol. The fourth-order valence-corrected chi connectivity index (χ4v) is 2.26. The number of halogens is 1. The predicted octanol–water partition coefficient (Wildman–Crippen LogP) is 2.15. The molecule has 14 heavy (non-hydrogen) atoms. The molecule has 1 aromatic rings. The summed E-state index contributed by atoms with van der Waals surface area (Å²) in [4.78, 5) is 6.11. The number of phenolic OH excluding ortho intramolecular Hbond substituents is 1. The number of hydrogen-bond acceptors (Lipinski definition) is 3. The monoisotopic (exact) mass is 302 g/mol. The van der Waals surface area contributed by atoms with Crippen LogP contribution in [0.5, 0.6) is 5.75 Å². The normalized spacial score (nSPS) is 15.1. The maximum Gasteiger partial charge on any atom is 0.152 e. The summed E-state index contributed by atoms with van der Waals surface area (Å²) in [5, 5.41) is 9.87. The van der Waals surface area contributed by atoms with Crippen molar-refractivity contribution in [3.05, 3.63) is 21.3 Å². The minimum absolute atomic E-state index is 0.351. The molecule has 0 radical (unpaired) electrons. The molecule has 0 amide bonds. The summed E-state index contributed by atoms with van der Waals surface area (Å²) in [5.41, 5.74) is 2.01. The highest BCUT2D eigenvalue weighted by Gasteiger charge is 2.14. The lowest BCUT2D eigenvalue weighted by Crippen LogP contribution is -2.18. The van der Waals surface area contributed by atoms with E-state index in [9.17, 15) is 5.11 Å². The van der Waals surface area contributed by atoms with Crippen molar-refractivity contribution in [1.82, 2.24) is 0 Å². The second-order valence-electron chi connectivity index (χ2n) is 3.33. The van der Waals surface area contributed by atoms with Crippen LogP contribution in [0.4, 0.5) is 5.69 Å². The van der Waals surface area contributed by atoms with E-state index >= 15 is 0 Å². The highest BCUT2D eigenvalue weighted by molar-refractivity contribution is 14.1. The molecule has 0 bridgehead atoms. The zero-order valence-electron chi connectivity index (χ0n) is 7.87. The van der Waals surface area contributed by atoms with Gasteiger partial charge in [0.2, 0.25) is 0 Å². The SMILES string of the molecule is Cc1cc(I)c(O)c(N2C=NCC2)c1. The molecule has 74 valence electrons. The molecule has 1 aliphatic heterocycles. The summed E-state index contributed by atoms with van der Waals surface area (Å²) in [7, 11) is 0. The smallest absolute Gasteiger partial charge is 0.152 e. The lowest BCUT2D eigenvalue weighted by molar-refractivity contribution is 0.472. The third kappa shape index (κ3) is 1.70. The van der Waals surface area contributed by atoms with E-state index < -0.39 is 0 Å². The van der Waals surface area contributed by atoms with Gasteiger partial charge in [0.25, 0.3) is 0 Å². The topological polar surface area (TPSA) is 35.8 Å². The number of rotatable bonds is 1. The summed E-state index contributed by atoms with van der Waals surface area (Å²) in [5.74, 6) is 0.351. The van der Waals surface area contributed by atoms with Crippen LogP contribution in [0.2, 0.25) is 0 Å². The van der Waals surface area contributed by atoms with Gasteiger partial charge in [-0.25, -0.2) is 0 Å². The zero-order valence-corrected chi connectivity index (χ0v) is 10.0. The van der Waals surface area contributed by atoms with Crippen LogP contribution in [0.1, 0.15) is 5.56 Å². The summed E-state index contributed by atoms with van der Waals surface area (Å²) < 4.78 is 0.887. The summed E-state index contributed by atoms with van der Waals surface area (Å²) >= 11 is 2.14. The number of nitrogens with zero attached hydrogens (tertiary/aromatic N) is 2. The van der Waals surface area contributed by atoms with Gasteiger partial charge in [0.05, 0.1) is 22.1 Å². The number of benzene rings is 1. The third-order valence-electron chi connectivity index (χ3n) is 2.19. The van der Waals surface area contributed by atoms with Crippen molar-refractivity contribution < 1.29 is 5.11 Å².